The summed E-state index contributed by atoms with van der Waals surface area (Å²) < 4.78 is 0. The second kappa shape index (κ2) is 10.2. The molecule has 2 aromatic rings. The van der Waals surface area contributed by atoms with Crippen LogP contribution < -0.4 is 5.32 Å². The van der Waals surface area contributed by atoms with Crippen LogP contribution in [0.15, 0.2) is 48.5 Å². The summed E-state index contributed by atoms with van der Waals surface area (Å²) >= 11 is 0. The average Bonchev–Trinajstić information content (AvgIpc) is 3.07. The molecule has 1 aromatic heterocycles. The van der Waals surface area contributed by atoms with E-state index in [1.807, 2.05) is 24.0 Å². The standard InChI is InChI=1S/C29H41N5O2/c1-22-9-7-14-25(30-22)31-26(35)20-33-21-28(34(27(33)36)19-23-10-8-11-23)15-17-29(18-16-28,32(2)3)24-12-5-4-6-13-24/h4-7,9,12-14,23,27,36H,8,10-11,15-21H2,1-3H3,(H,30,31,35). The van der Waals surface area contributed by atoms with Crippen molar-refractivity contribution < 1.29 is 9.90 Å². The number of benzene rings is 1. The number of hydrogen-bond acceptors (Lipinski definition) is 6. The van der Waals surface area contributed by atoms with Gasteiger partial charge >= 0.3 is 0 Å². The third-order valence-electron chi connectivity index (χ3n) is 9.07. The number of rotatable bonds is 7. The molecule has 1 spiro atoms. The summed E-state index contributed by atoms with van der Waals surface area (Å²) in [6.45, 7) is 3.71. The van der Waals surface area contributed by atoms with Crippen molar-refractivity contribution in [2.24, 2.45) is 5.92 Å². The lowest BCUT2D eigenvalue weighted by molar-refractivity contribution is -0.126. The monoisotopic (exact) mass is 491 g/mol. The van der Waals surface area contributed by atoms with E-state index in [0.717, 1.165) is 37.9 Å². The Kier molecular flexibility index (Phi) is 7.18. The van der Waals surface area contributed by atoms with E-state index < -0.39 is 6.35 Å². The lowest BCUT2D eigenvalue weighted by Gasteiger charge is -2.52. The van der Waals surface area contributed by atoms with E-state index in [2.05, 4.69) is 64.5 Å². The molecule has 0 bridgehead atoms. The maximum absolute atomic E-state index is 12.9. The Labute approximate surface area is 215 Å². The smallest absolute Gasteiger partial charge is 0.239 e. The van der Waals surface area contributed by atoms with Gasteiger partial charge in [-0.15, -0.1) is 0 Å². The molecule has 1 aliphatic heterocycles. The zero-order chi connectivity index (χ0) is 25.3. The first kappa shape index (κ1) is 25.3. The number of carbonyl (C=O) groups excluding carboxylic acids is 1. The quantitative estimate of drug-likeness (QED) is 0.614. The van der Waals surface area contributed by atoms with E-state index in [4.69, 9.17) is 0 Å². The fourth-order valence-corrected chi connectivity index (χ4v) is 6.67. The van der Waals surface area contributed by atoms with Gasteiger partial charge in [-0.3, -0.25) is 19.5 Å². The molecule has 7 heteroatoms. The number of amides is 1. The SMILES string of the molecule is Cc1cccc(NC(=O)CN2CC3(CCC(c4ccccc4)(N(C)C)CC3)N(CC3CCC3)C2O)n1. The number of anilines is 1. The maximum atomic E-state index is 12.9. The number of aromatic nitrogens is 1. The molecule has 7 nitrogen and oxygen atoms in total. The number of nitrogens with one attached hydrogen (secondary N) is 1. The summed E-state index contributed by atoms with van der Waals surface area (Å²) in [7, 11) is 4.38. The number of aliphatic hydroxyl groups excluding tert-OH is 1. The zero-order valence-electron chi connectivity index (χ0n) is 22.0. The van der Waals surface area contributed by atoms with Crippen LogP contribution in [0.5, 0.6) is 0 Å². The van der Waals surface area contributed by atoms with Gasteiger partial charge in [-0.2, -0.15) is 0 Å². The average molecular weight is 492 g/mol. The Balaban J connectivity index is 1.33. The minimum atomic E-state index is -0.731. The van der Waals surface area contributed by atoms with Crippen LogP contribution in [-0.2, 0) is 10.3 Å². The van der Waals surface area contributed by atoms with Crippen molar-refractivity contribution in [1.29, 1.82) is 0 Å². The third kappa shape index (κ3) is 4.82. The first-order valence-electron chi connectivity index (χ1n) is 13.5. The summed E-state index contributed by atoms with van der Waals surface area (Å²) in [5.41, 5.74) is 2.13. The number of aryl methyl sites for hydroxylation is 1. The highest BCUT2D eigenvalue weighted by atomic mass is 16.3. The molecule has 1 aromatic carbocycles. The largest absolute Gasteiger partial charge is 0.365 e. The Hall–Kier alpha value is -2.32. The Morgan fingerprint density at radius 1 is 1.08 bits per heavy atom. The minimum Gasteiger partial charge on any atom is -0.365 e. The molecule has 0 radical (unpaired) electrons. The van der Waals surface area contributed by atoms with E-state index >= 15 is 0 Å². The molecule has 5 rings (SSSR count). The Bertz CT molecular complexity index is 1050. The predicted molar refractivity (Wildman–Crippen MR) is 142 cm³/mol. The van der Waals surface area contributed by atoms with E-state index in [-0.39, 0.29) is 23.5 Å². The van der Waals surface area contributed by atoms with Crippen molar-refractivity contribution in [1.82, 2.24) is 19.7 Å². The summed E-state index contributed by atoms with van der Waals surface area (Å²) in [5.74, 6) is 1.08. The summed E-state index contributed by atoms with van der Waals surface area (Å²) in [6, 6.07) is 16.5. The van der Waals surface area contributed by atoms with Crippen molar-refractivity contribution in [3.8, 4) is 0 Å². The molecule has 1 saturated heterocycles. The van der Waals surface area contributed by atoms with E-state index in [1.165, 1.54) is 24.8 Å². The van der Waals surface area contributed by atoms with Gasteiger partial charge in [-0.05, 0) is 83.2 Å². The summed E-state index contributed by atoms with van der Waals surface area (Å²) in [4.78, 5) is 24.0. The molecule has 1 unspecified atom stereocenters. The molecular weight excluding hydrogens is 450 g/mol. The fraction of sp³-hybridized carbons (Fsp3) is 0.586. The number of nitrogens with zero attached hydrogens (tertiary/aromatic N) is 4. The Morgan fingerprint density at radius 2 is 1.81 bits per heavy atom. The number of pyridine rings is 1. The molecule has 3 fully saturated rings. The van der Waals surface area contributed by atoms with Gasteiger partial charge in [0, 0.05) is 29.9 Å². The van der Waals surface area contributed by atoms with Crippen LogP contribution in [0.25, 0.3) is 0 Å². The van der Waals surface area contributed by atoms with Crippen LogP contribution in [-0.4, -0.2) is 76.3 Å². The lowest BCUT2D eigenvalue weighted by atomic mass is 9.68. The minimum absolute atomic E-state index is 0.00123. The van der Waals surface area contributed by atoms with Gasteiger partial charge < -0.3 is 10.4 Å². The van der Waals surface area contributed by atoms with Crippen LogP contribution in [0.1, 0.15) is 56.2 Å². The second-order valence-electron chi connectivity index (χ2n) is 11.4. The molecule has 3 aliphatic rings. The van der Waals surface area contributed by atoms with Crippen LogP contribution in [0.2, 0.25) is 0 Å². The summed E-state index contributed by atoms with van der Waals surface area (Å²) in [5, 5.41) is 14.4. The molecule has 2 heterocycles. The maximum Gasteiger partial charge on any atom is 0.239 e. The molecule has 1 amide bonds. The van der Waals surface area contributed by atoms with E-state index in [9.17, 15) is 9.90 Å². The van der Waals surface area contributed by atoms with Gasteiger partial charge in [0.05, 0.1) is 6.54 Å². The van der Waals surface area contributed by atoms with Crippen molar-refractivity contribution in [2.45, 2.75) is 69.3 Å². The highest BCUT2D eigenvalue weighted by Crippen LogP contribution is 2.50. The van der Waals surface area contributed by atoms with Crippen LogP contribution in [0.3, 0.4) is 0 Å². The first-order valence-corrected chi connectivity index (χ1v) is 13.5. The molecule has 2 aliphatic carbocycles. The highest BCUT2D eigenvalue weighted by Gasteiger charge is 2.55. The van der Waals surface area contributed by atoms with Crippen molar-refractivity contribution in [3.63, 3.8) is 0 Å². The van der Waals surface area contributed by atoms with Crippen LogP contribution in [0, 0.1) is 12.8 Å². The number of carbonyl (C=O) groups is 1. The molecule has 1 atom stereocenters. The Morgan fingerprint density at radius 3 is 2.42 bits per heavy atom. The normalized spacial score (nSPS) is 29.5. The van der Waals surface area contributed by atoms with Gasteiger partial charge in [0.25, 0.3) is 0 Å². The molecule has 194 valence electrons. The topological polar surface area (TPSA) is 71.9 Å². The van der Waals surface area contributed by atoms with Crippen molar-refractivity contribution >= 4 is 11.7 Å². The van der Waals surface area contributed by atoms with Gasteiger partial charge in [0.1, 0.15) is 5.82 Å². The van der Waals surface area contributed by atoms with Crippen LogP contribution >= 0.6 is 0 Å². The molecule has 36 heavy (non-hydrogen) atoms. The molecule has 2 saturated carbocycles. The fourth-order valence-electron chi connectivity index (χ4n) is 6.67. The number of aliphatic hydroxyl groups is 1. The van der Waals surface area contributed by atoms with Crippen molar-refractivity contribution in [2.75, 3.05) is 39.0 Å². The highest BCUT2D eigenvalue weighted by molar-refractivity contribution is 5.91. The zero-order valence-corrected chi connectivity index (χ0v) is 22.0. The van der Waals surface area contributed by atoms with E-state index in [1.54, 1.807) is 6.07 Å². The van der Waals surface area contributed by atoms with Gasteiger partial charge in [-0.1, -0.05) is 42.8 Å². The van der Waals surface area contributed by atoms with Gasteiger partial charge in [-0.25, -0.2) is 4.98 Å². The molecular formula is C29H41N5O2. The van der Waals surface area contributed by atoms with Gasteiger partial charge in [0.15, 0.2) is 6.35 Å². The van der Waals surface area contributed by atoms with E-state index in [0.29, 0.717) is 18.3 Å². The molecule has 2 N–H and O–H groups in total. The third-order valence-corrected chi connectivity index (χ3v) is 9.07. The summed E-state index contributed by atoms with van der Waals surface area (Å²) in [6.07, 6.45) is 7.11. The number of hydrogen-bond donors (Lipinski definition) is 2. The first-order chi connectivity index (χ1) is 17.3. The lowest BCUT2D eigenvalue weighted by Crippen LogP contribution is -2.57. The van der Waals surface area contributed by atoms with Crippen LogP contribution in [0.4, 0.5) is 5.82 Å². The van der Waals surface area contributed by atoms with Gasteiger partial charge in [0.2, 0.25) is 5.91 Å². The predicted octanol–water partition coefficient (Wildman–Crippen LogP) is 3.79. The second-order valence-corrected chi connectivity index (χ2v) is 11.4. The van der Waals surface area contributed by atoms with Crippen molar-refractivity contribution in [3.05, 3.63) is 59.8 Å².